The van der Waals surface area contributed by atoms with Gasteiger partial charge in [-0.15, -0.1) is 0 Å². The fourth-order valence-electron chi connectivity index (χ4n) is 3.78. The van der Waals surface area contributed by atoms with Crippen molar-refractivity contribution < 1.29 is 4.79 Å². The number of fused-ring (bicyclic) bond motifs is 1. The van der Waals surface area contributed by atoms with Crippen molar-refractivity contribution in [2.75, 3.05) is 26.2 Å². The number of hydrogen-bond acceptors (Lipinski definition) is 4. The average Bonchev–Trinajstić information content (AvgIpc) is 3.14. The first-order valence-electron chi connectivity index (χ1n) is 8.11. The summed E-state index contributed by atoms with van der Waals surface area (Å²) in [6, 6.07) is 9.65. The van der Waals surface area contributed by atoms with Crippen LogP contribution in [-0.2, 0) is 6.54 Å². The van der Waals surface area contributed by atoms with Crippen molar-refractivity contribution >= 4 is 5.91 Å². The zero-order chi connectivity index (χ0) is 15.6. The topological polar surface area (TPSA) is 49.3 Å². The standard InChI is InChI=1S/C18H20N4O/c23-18(14-4-7-19-8-5-14)22-11-15-9-21(10-16(15)12-22)13-17-3-1-2-6-20-17/h1-8,15-16H,9-13H2. The van der Waals surface area contributed by atoms with E-state index >= 15 is 0 Å². The number of carbonyl (C=O) groups excluding carboxylic acids is 1. The molecule has 4 heterocycles. The van der Waals surface area contributed by atoms with Gasteiger partial charge in [0, 0.05) is 56.9 Å². The summed E-state index contributed by atoms with van der Waals surface area (Å²) in [5.41, 5.74) is 1.86. The van der Waals surface area contributed by atoms with E-state index in [1.807, 2.05) is 23.2 Å². The van der Waals surface area contributed by atoms with Crippen LogP contribution in [0.15, 0.2) is 48.9 Å². The molecule has 2 aliphatic heterocycles. The first-order valence-corrected chi connectivity index (χ1v) is 8.11. The number of aromatic nitrogens is 2. The lowest BCUT2D eigenvalue weighted by molar-refractivity contribution is 0.0773. The maximum Gasteiger partial charge on any atom is 0.253 e. The van der Waals surface area contributed by atoms with Gasteiger partial charge in [-0.1, -0.05) is 6.07 Å². The van der Waals surface area contributed by atoms with Gasteiger partial charge in [-0.25, -0.2) is 0 Å². The molecular formula is C18H20N4O. The second kappa shape index (κ2) is 6.08. The van der Waals surface area contributed by atoms with E-state index in [0.29, 0.717) is 11.8 Å². The van der Waals surface area contributed by atoms with Gasteiger partial charge in [0.1, 0.15) is 0 Å². The van der Waals surface area contributed by atoms with Gasteiger partial charge in [-0.3, -0.25) is 19.7 Å². The van der Waals surface area contributed by atoms with Gasteiger partial charge in [-0.2, -0.15) is 0 Å². The Morgan fingerprint density at radius 2 is 1.74 bits per heavy atom. The highest BCUT2D eigenvalue weighted by atomic mass is 16.2. The number of amides is 1. The van der Waals surface area contributed by atoms with Gasteiger partial charge in [0.25, 0.3) is 5.91 Å². The molecule has 2 aromatic heterocycles. The highest BCUT2D eigenvalue weighted by Crippen LogP contribution is 2.32. The molecule has 5 heteroatoms. The second-order valence-corrected chi connectivity index (χ2v) is 6.48. The predicted octanol–water partition coefficient (Wildman–Crippen LogP) is 1.68. The molecule has 5 nitrogen and oxygen atoms in total. The number of nitrogens with zero attached hydrogens (tertiary/aromatic N) is 4. The van der Waals surface area contributed by atoms with Crippen molar-refractivity contribution in [1.82, 2.24) is 19.8 Å². The van der Waals surface area contributed by atoms with Crippen LogP contribution in [0.4, 0.5) is 0 Å². The average molecular weight is 308 g/mol. The molecule has 4 rings (SSSR count). The molecule has 1 amide bonds. The van der Waals surface area contributed by atoms with E-state index in [1.165, 1.54) is 0 Å². The summed E-state index contributed by atoms with van der Waals surface area (Å²) < 4.78 is 0. The molecule has 0 aromatic carbocycles. The van der Waals surface area contributed by atoms with Crippen molar-refractivity contribution in [2.45, 2.75) is 6.54 Å². The molecule has 23 heavy (non-hydrogen) atoms. The van der Waals surface area contributed by atoms with E-state index in [-0.39, 0.29) is 5.91 Å². The van der Waals surface area contributed by atoms with Gasteiger partial charge in [-0.05, 0) is 36.1 Å². The molecular weight excluding hydrogens is 288 g/mol. The van der Waals surface area contributed by atoms with Gasteiger partial charge in [0.05, 0.1) is 5.69 Å². The smallest absolute Gasteiger partial charge is 0.253 e. The summed E-state index contributed by atoms with van der Waals surface area (Å²) in [6.45, 7) is 4.75. The Kier molecular flexibility index (Phi) is 3.79. The molecule has 2 saturated heterocycles. The molecule has 0 bridgehead atoms. The Bertz CT molecular complexity index is 662. The number of likely N-dealkylation sites (tertiary alicyclic amines) is 2. The Balaban J connectivity index is 1.36. The lowest BCUT2D eigenvalue weighted by Gasteiger charge is -2.21. The Labute approximate surface area is 136 Å². The monoisotopic (exact) mass is 308 g/mol. The normalized spacial score (nSPS) is 23.9. The first-order chi connectivity index (χ1) is 11.3. The molecule has 0 aliphatic carbocycles. The Morgan fingerprint density at radius 1 is 1.00 bits per heavy atom. The van der Waals surface area contributed by atoms with Crippen LogP contribution in [0.1, 0.15) is 16.1 Å². The van der Waals surface area contributed by atoms with Crippen LogP contribution >= 0.6 is 0 Å². The van der Waals surface area contributed by atoms with Crippen molar-refractivity contribution in [3.8, 4) is 0 Å². The second-order valence-electron chi connectivity index (χ2n) is 6.48. The van der Waals surface area contributed by atoms with Gasteiger partial charge in [0.15, 0.2) is 0 Å². The zero-order valence-corrected chi connectivity index (χ0v) is 13.0. The molecule has 118 valence electrons. The third-order valence-corrected chi connectivity index (χ3v) is 4.89. The fourth-order valence-corrected chi connectivity index (χ4v) is 3.78. The van der Waals surface area contributed by atoms with Crippen LogP contribution in [0.5, 0.6) is 0 Å². The highest BCUT2D eigenvalue weighted by Gasteiger charge is 2.41. The fraction of sp³-hybridized carbons (Fsp3) is 0.389. The lowest BCUT2D eigenvalue weighted by atomic mass is 10.0. The van der Waals surface area contributed by atoms with Crippen molar-refractivity contribution in [1.29, 1.82) is 0 Å². The summed E-state index contributed by atoms with van der Waals surface area (Å²) in [7, 11) is 0. The van der Waals surface area contributed by atoms with E-state index in [4.69, 9.17) is 0 Å². The van der Waals surface area contributed by atoms with Crippen LogP contribution in [0.3, 0.4) is 0 Å². The van der Waals surface area contributed by atoms with Crippen LogP contribution in [0.25, 0.3) is 0 Å². The maximum absolute atomic E-state index is 12.5. The quantitative estimate of drug-likeness (QED) is 0.865. The lowest BCUT2D eigenvalue weighted by Crippen LogP contribution is -2.33. The predicted molar refractivity (Wildman–Crippen MR) is 86.6 cm³/mol. The zero-order valence-electron chi connectivity index (χ0n) is 13.0. The minimum atomic E-state index is 0.137. The molecule has 0 spiro atoms. The molecule has 0 saturated carbocycles. The number of rotatable bonds is 3. The van der Waals surface area contributed by atoms with Gasteiger partial charge < -0.3 is 4.90 Å². The first kappa shape index (κ1) is 14.3. The molecule has 2 aliphatic rings. The minimum Gasteiger partial charge on any atom is -0.338 e. The number of hydrogen-bond donors (Lipinski definition) is 0. The summed E-state index contributed by atoms with van der Waals surface area (Å²) >= 11 is 0. The third kappa shape index (κ3) is 2.97. The summed E-state index contributed by atoms with van der Waals surface area (Å²) in [5.74, 6) is 1.31. The third-order valence-electron chi connectivity index (χ3n) is 4.89. The minimum absolute atomic E-state index is 0.137. The van der Waals surface area contributed by atoms with E-state index in [9.17, 15) is 4.79 Å². The summed E-state index contributed by atoms with van der Waals surface area (Å²) in [4.78, 5) is 25.4. The highest BCUT2D eigenvalue weighted by molar-refractivity contribution is 5.94. The van der Waals surface area contributed by atoms with Crippen molar-refractivity contribution in [2.24, 2.45) is 11.8 Å². The number of carbonyl (C=O) groups is 1. The van der Waals surface area contributed by atoms with Crippen LogP contribution in [0, 0.1) is 11.8 Å². The van der Waals surface area contributed by atoms with Gasteiger partial charge >= 0.3 is 0 Å². The molecule has 2 aromatic rings. The summed E-state index contributed by atoms with van der Waals surface area (Å²) in [6.07, 6.45) is 5.21. The molecule has 2 unspecified atom stereocenters. The Morgan fingerprint density at radius 3 is 2.39 bits per heavy atom. The largest absolute Gasteiger partial charge is 0.338 e. The SMILES string of the molecule is O=C(c1ccncc1)N1CC2CN(Cc3ccccn3)CC2C1. The van der Waals surface area contributed by atoms with E-state index < -0.39 is 0 Å². The van der Waals surface area contributed by atoms with Gasteiger partial charge in [0.2, 0.25) is 0 Å². The van der Waals surface area contributed by atoms with Crippen LogP contribution in [0.2, 0.25) is 0 Å². The maximum atomic E-state index is 12.5. The molecule has 0 radical (unpaired) electrons. The molecule has 0 N–H and O–H groups in total. The molecule has 2 fully saturated rings. The summed E-state index contributed by atoms with van der Waals surface area (Å²) in [5, 5.41) is 0. The van der Waals surface area contributed by atoms with E-state index in [0.717, 1.165) is 44.0 Å². The molecule has 2 atom stereocenters. The van der Waals surface area contributed by atoms with Crippen molar-refractivity contribution in [3.05, 3.63) is 60.2 Å². The van der Waals surface area contributed by atoms with E-state index in [1.54, 1.807) is 24.5 Å². The number of pyridine rings is 2. The van der Waals surface area contributed by atoms with Crippen LogP contribution < -0.4 is 0 Å². The van der Waals surface area contributed by atoms with Crippen LogP contribution in [-0.4, -0.2) is 51.9 Å². The Hall–Kier alpha value is -2.27. The van der Waals surface area contributed by atoms with E-state index in [2.05, 4.69) is 20.9 Å². The van der Waals surface area contributed by atoms with Crippen molar-refractivity contribution in [3.63, 3.8) is 0 Å².